The molecular formula is C16H16ClF3N4O. The Labute approximate surface area is 147 Å². The summed E-state index contributed by atoms with van der Waals surface area (Å²) in [5.74, 6) is 0.0646. The van der Waals surface area contributed by atoms with Crippen LogP contribution in [0.1, 0.15) is 24.8 Å². The quantitative estimate of drug-likeness (QED) is 0.792. The van der Waals surface area contributed by atoms with E-state index in [1.165, 1.54) is 18.2 Å². The second-order valence-electron chi connectivity index (χ2n) is 6.16. The summed E-state index contributed by atoms with van der Waals surface area (Å²) < 4.78 is 47.9. The number of alkyl halides is 3. The van der Waals surface area contributed by atoms with Gasteiger partial charge in [-0.3, -0.25) is 0 Å². The van der Waals surface area contributed by atoms with E-state index in [2.05, 4.69) is 15.6 Å². The predicted octanol–water partition coefficient (Wildman–Crippen LogP) is 3.77. The molecule has 1 fully saturated rings. The van der Waals surface area contributed by atoms with Crippen LogP contribution < -0.4 is 10.6 Å². The summed E-state index contributed by atoms with van der Waals surface area (Å²) in [4.78, 5) is 3.48. The Kier molecular flexibility index (Phi) is 4.80. The molecule has 3 rings (SSSR count). The first-order valence-electron chi connectivity index (χ1n) is 7.84. The molecule has 1 heterocycles. The number of nitriles is 1. The highest BCUT2D eigenvalue weighted by molar-refractivity contribution is 6.30. The van der Waals surface area contributed by atoms with Gasteiger partial charge in [0.2, 0.25) is 17.8 Å². The smallest absolute Gasteiger partial charge is 0.359 e. The zero-order valence-electron chi connectivity index (χ0n) is 13.2. The lowest BCUT2D eigenvalue weighted by Crippen LogP contribution is -2.52. The van der Waals surface area contributed by atoms with Gasteiger partial charge in [-0.05, 0) is 37.0 Å². The molecule has 0 aromatic heterocycles. The average molecular weight is 373 g/mol. The van der Waals surface area contributed by atoms with Crippen LogP contribution in [-0.2, 0) is 10.3 Å². The number of fused-ring (bicyclic) bond motifs is 1. The van der Waals surface area contributed by atoms with Gasteiger partial charge in [0.05, 0.1) is 13.2 Å². The molecule has 1 aliphatic carbocycles. The summed E-state index contributed by atoms with van der Waals surface area (Å²) >= 11 is 5.95. The lowest BCUT2D eigenvalue weighted by atomic mass is 9.85. The molecule has 1 atom stereocenters. The molecule has 9 heteroatoms. The SMILES string of the molecule is N#C/N=C1/NC[C@@](OCC2CCC2)(C(F)(F)F)c2cc(Cl)ccc2N1. The van der Waals surface area contributed by atoms with Gasteiger partial charge in [0, 0.05) is 16.3 Å². The summed E-state index contributed by atoms with van der Waals surface area (Å²) in [5.41, 5.74) is -2.56. The third kappa shape index (κ3) is 3.39. The number of hydrogen-bond donors (Lipinski definition) is 2. The minimum Gasteiger partial charge on any atom is -0.359 e. The predicted molar refractivity (Wildman–Crippen MR) is 87.2 cm³/mol. The van der Waals surface area contributed by atoms with Crippen molar-refractivity contribution in [1.29, 1.82) is 5.26 Å². The monoisotopic (exact) mass is 372 g/mol. The second kappa shape index (κ2) is 6.73. The molecule has 1 aromatic carbocycles. The number of nitrogens with zero attached hydrogens (tertiary/aromatic N) is 2. The molecule has 2 N–H and O–H groups in total. The van der Waals surface area contributed by atoms with Crippen LogP contribution in [0.2, 0.25) is 5.02 Å². The lowest BCUT2D eigenvalue weighted by Gasteiger charge is -2.38. The first-order chi connectivity index (χ1) is 11.9. The number of anilines is 1. The highest BCUT2D eigenvalue weighted by Gasteiger charge is 2.59. The average Bonchev–Trinajstić information content (AvgIpc) is 2.64. The number of hydrogen-bond acceptors (Lipinski definition) is 3. The van der Waals surface area contributed by atoms with Crippen molar-refractivity contribution in [2.45, 2.75) is 31.0 Å². The molecule has 1 aromatic rings. The minimum atomic E-state index is -4.69. The maximum absolute atomic E-state index is 14.1. The van der Waals surface area contributed by atoms with Gasteiger partial charge in [-0.15, -0.1) is 4.99 Å². The summed E-state index contributed by atoms with van der Waals surface area (Å²) in [6.45, 7) is -0.595. The van der Waals surface area contributed by atoms with Crippen LogP contribution in [0.15, 0.2) is 23.2 Å². The van der Waals surface area contributed by atoms with Crippen LogP contribution in [0.3, 0.4) is 0 Å². The maximum atomic E-state index is 14.1. The van der Waals surface area contributed by atoms with E-state index in [0.717, 1.165) is 19.3 Å². The van der Waals surface area contributed by atoms with E-state index in [0.29, 0.717) is 0 Å². The van der Waals surface area contributed by atoms with E-state index in [1.54, 1.807) is 6.19 Å². The van der Waals surface area contributed by atoms with Crippen molar-refractivity contribution < 1.29 is 17.9 Å². The zero-order valence-corrected chi connectivity index (χ0v) is 13.9. The van der Waals surface area contributed by atoms with E-state index >= 15 is 0 Å². The molecule has 0 amide bonds. The number of benzene rings is 1. The first-order valence-corrected chi connectivity index (χ1v) is 8.22. The fraction of sp³-hybridized carbons (Fsp3) is 0.500. The van der Waals surface area contributed by atoms with Crippen LogP contribution in [-0.4, -0.2) is 25.3 Å². The third-order valence-electron chi connectivity index (χ3n) is 4.58. The largest absolute Gasteiger partial charge is 0.423 e. The van der Waals surface area contributed by atoms with E-state index in [4.69, 9.17) is 21.6 Å². The molecule has 0 spiro atoms. The van der Waals surface area contributed by atoms with Crippen LogP contribution in [0, 0.1) is 17.4 Å². The molecule has 25 heavy (non-hydrogen) atoms. The van der Waals surface area contributed by atoms with E-state index in [1.807, 2.05) is 0 Å². The normalized spacial score (nSPS) is 25.2. The van der Waals surface area contributed by atoms with Gasteiger partial charge < -0.3 is 15.4 Å². The Hall–Kier alpha value is -1.98. The molecule has 5 nitrogen and oxygen atoms in total. The fourth-order valence-corrected chi connectivity index (χ4v) is 3.11. The number of nitrogens with one attached hydrogen (secondary N) is 2. The Morgan fingerprint density at radius 2 is 2.16 bits per heavy atom. The summed E-state index contributed by atoms with van der Waals surface area (Å²) in [6.07, 6.45) is -0.394. The van der Waals surface area contributed by atoms with Crippen LogP contribution in [0.4, 0.5) is 18.9 Å². The molecule has 1 aliphatic heterocycles. The fourth-order valence-electron chi connectivity index (χ4n) is 2.94. The van der Waals surface area contributed by atoms with Crippen LogP contribution in [0.25, 0.3) is 0 Å². The van der Waals surface area contributed by atoms with Gasteiger partial charge >= 0.3 is 6.18 Å². The third-order valence-corrected chi connectivity index (χ3v) is 4.82. The van der Waals surface area contributed by atoms with Crippen molar-refractivity contribution in [2.75, 3.05) is 18.5 Å². The van der Waals surface area contributed by atoms with Gasteiger partial charge in [-0.2, -0.15) is 18.4 Å². The number of rotatable bonds is 3. The first kappa shape index (κ1) is 17.8. The Bertz CT molecular complexity index is 727. The van der Waals surface area contributed by atoms with Gasteiger partial charge in [-0.1, -0.05) is 18.0 Å². The maximum Gasteiger partial charge on any atom is 0.423 e. The van der Waals surface area contributed by atoms with Crippen molar-refractivity contribution in [3.05, 3.63) is 28.8 Å². The Balaban J connectivity index is 2.07. The molecule has 0 unspecified atom stereocenters. The lowest BCUT2D eigenvalue weighted by molar-refractivity contribution is -0.286. The number of guanidine groups is 1. The second-order valence-corrected chi connectivity index (χ2v) is 6.60. The van der Waals surface area contributed by atoms with Crippen molar-refractivity contribution >= 4 is 23.2 Å². The van der Waals surface area contributed by atoms with Crippen molar-refractivity contribution in [2.24, 2.45) is 10.9 Å². The Morgan fingerprint density at radius 3 is 2.76 bits per heavy atom. The van der Waals surface area contributed by atoms with Crippen molar-refractivity contribution in [3.63, 3.8) is 0 Å². The van der Waals surface area contributed by atoms with E-state index in [-0.39, 0.29) is 34.8 Å². The molecular weight excluding hydrogens is 357 g/mol. The number of ether oxygens (including phenoxy) is 1. The van der Waals surface area contributed by atoms with Crippen LogP contribution >= 0.6 is 11.6 Å². The summed E-state index contributed by atoms with van der Waals surface area (Å²) in [7, 11) is 0. The number of aliphatic imine (C=N–C) groups is 1. The molecule has 1 saturated carbocycles. The van der Waals surface area contributed by atoms with E-state index < -0.39 is 18.3 Å². The van der Waals surface area contributed by atoms with Gasteiger partial charge in [0.15, 0.2) is 0 Å². The van der Waals surface area contributed by atoms with E-state index in [9.17, 15) is 13.2 Å². The van der Waals surface area contributed by atoms with Gasteiger partial charge in [0.25, 0.3) is 0 Å². The van der Waals surface area contributed by atoms with Gasteiger partial charge in [0.1, 0.15) is 0 Å². The van der Waals surface area contributed by atoms with Crippen molar-refractivity contribution in [1.82, 2.24) is 5.32 Å². The summed E-state index contributed by atoms with van der Waals surface area (Å²) in [5, 5.41) is 14.1. The Morgan fingerprint density at radius 1 is 1.40 bits per heavy atom. The van der Waals surface area contributed by atoms with Crippen LogP contribution in [0.5, 0.6) is 0 Å². The molecule has 0 bridgehead atoms. The van der Waals surface area contributed by atoms with Crippen molar-refractivity contribution in [3.8, 4) is 6.19 Å². The molecule has 134 valence electrons. The minimum absolute atomic E-state index is 0.0118. The standard InChI is InChI=1S/C16H16ClF3N4O/c17-11-4-5-13-12(6-11)15(16(18,19)20,25-7-10-2-1-3-10)8-22-14(24-13)23-9-21/h4-6,10H,1-3,7-8H2,(H2,22,23,24)/t15-/m0/s1. The topological polar surface area (TPSA) is 69.4 Å². The number of halogens is 4. The summed E-state index contributed by atoms with van der Waals surface area (Å²) in [6, 6.07) is 4.13. The zero-order chi connectivity index (χ0) is 18.1. The molecule has 2 aliphatic rings. The molecule has 0 saturated heterocycles. The highest BCUT2D eigenvalue weighted by Crippen LogP contribution is 2.47. The molecule has 0 radical (unpaired) electrons. The van der Waals surface area contributed by atoms with Gasteiger partial charge in [-0.25, -0.2) is 0 Å². The highest BCUT2D eigenvalue weighted by atomic mass is 35.5.